The van der Waals surface area contributed by atoms with E-state index in [0.29, 0.717) is 0 Å². The Bertz CT molecular complexity index is 699. The Balaban J connectivity index is 3.23. The molecular weight excluding hydrogens is 392 g/mol. The van der Waals surface area contributed by atoms with E-state index < -0.39 is 73.6 Å². The first-order valence-corrected chi connectivity index (χ1v) is 10.2. The van der Waals surface area contributed by atoms with Gasteiger partial charge in [0.2, 0.25) is 0 Å². The molecule has 1 aromatic carbocycles. The Morgan fingerprint density at radius 3 is 2.04 bits per heavy atom. The lowest BCUT2D eigenvalue weighted by atomic mass is 10.1. The van der Waals surface area contributed by atoms with Crippen LogP contribution in [-0.2, 0) is 13.7 Å². The topological polar surface area (TPSA) is 101 Å². The first-order chi connectivity index (χ1) is 11.5. The third kappa shape index (κ3) is 5.64. The van der Waals surface area contributed by atoms with Crippen LogP contribution < -0.4 is 0 Å². The maximum absolute atomic E-state index is 13.7. The van der Waals surface area contributed by atoms with Crippen LogP contribution >= 0.6 is 10.3 Å². The molecule has 0 bridgehead atoms. The highest BCUT2D eigenvalue weighted by Crippen LogP contribution is 2.52. The molecule has 0 heterocycles. The van der Waals surface area contributed by atoms with E-state index in [2.05, 4.69) is 3.63 Å². The van der Waals surface area contributed by atoms with Gasteiger partial charge in [0.25, 0.3) is 0 Å². The molecule has 6 nitrogen and oxygen atoms in total. The third-order valence-corrected chi connectivity index (χ3v) is 8.09. The third-order valence-electron chi connectivity index (χ3n) is 3.01. The van der Waals surface area contributed by atoms with Gasteiger partial charge in [-0.25, -0.2) is 8.02 Å². The number of carbonyl (C=O) groups excluding carboxylic acids is 1. The van der Waals surface area contributed by atoms with Gasteiger partial charge in [0.1, 0.15) is 5.82 Å². The molecule has 1 aromatic rings. The van der Waals surface area contributed by atoms with Gasteiger partial charge in [-0.2, -0.15) is 21.6 Å². The van der Waals surface area contributed by atoms with E-state index in [4.69, 9.17) is 10.2 Å². The summed E-state index contributed by atoms with van der Waals surface area (Å²) < 4.78 is 78.4. The largest absolute Gasteiger partial charge is 0.523 e. The summed E-state index contributed by atoms with van der Waals surface area (Å²) in [7, 11) is -9.49. The van der Waals surface area contributed by atoms with Crippen molar-refractivity contribution < 1.29 is 44.6 Å². The highest BCUT2D eigenvalue weighted by Gasteiger charge is 2.51. The first-order valence-electron chi connectivity index (χ1n) is 6.76. The molecule has 144 valence electrons. The van der Waals surface area contributed by atoms with Crippen molar-refractivity contribution in [2.45, 2.75) is 5.51 Å². The molecule has 0 saturated carbocycles. The van der Waals surface area contributed by atoms with E-state index in [1.165, 1.54) is 12.1 Å². The van der Waals surface area contributed by atoms with Crippen molar-refractivity contribution in [3.05, 3.63) is 35.6 Å². The molecule has 0 atom stereocenters. The van der Waals surface area contributed by atoms with Crippen molar-refractivity contribution in [2.24, 2.45) is 0 Å². The molecule has 0 amide bonds. The number of hydrogen-bond acceptors (Lipinski definition) is 6. The van der Waals surface area contributed by atoms with Gasteiger partial charge in [0.15, 0.2) is 5.78 Å². The Morgan fingerprint density at radius 2 is 1.60 bits per heavy atom. The van der Waals surface area contributed by atoms with E-state index in [1.54, 1.807) is 0 Å². The number of hydrogen-bond donors (Lipinski definition) is 2. The average molecular weight is 408 g/mol. The number of carbonyl (C=O) groups is 1. The lowest BCUT2D eigenvalue weighted by Gasteiger charge is -2.37. The number of rotatable bonds is 9. The van der Waals surface area contributed by atoms with Gasteiger partial charge in [-0.3, -0.25) is 4.79 Å². The van der Waals surface area contributed by atoms with Crippen molar-refractivity contribution in [3.63, 3.8) is 0 Å². The van der Waals surface area contributed by atoms with Gasteiger partial charge in [-0.15, -0.1) is 10.3 Å². The van der Waals surface area contributed by atoms with Crippen LogP contribution in [0, 0.1) is 5.82 Å². The van der Waals surface area contributed by atoms with E-state index in [1.807, 2.05) is 0 Å². The highest BCUT2D eigenvalue weighted by molar-refractivity contribution is 8.33. The van der Waals surface area contributed by atoms with Gasteiger partial charge in [0, 0.05) is 11.5 Å². The number of ketones is 1. The van der Waals surface area contributed by atoms with Gasteiger partial charge >= 0.3 is 15.6 Å². The molecule has 1 rings (SSSR count). The van der Waals surface area contributed by atoms with Crippen molar-refractivity contribution in [3.8, 4) is 0 Å². The molecule has 0 aromatic heterocycles. The standard InChI is InChI=1S/C13H16F4O6S2/c14-11-4-2-1-3-10(11)12(20)9-24(7-5-18,8-6-19)23-25(21,22)13(15,16)17/h1-4,18-19H,5-9H2. The lowest BCUT2D eigenvalue weighted by molar-refractivity contribution is -0.0496. The number of aliphatic hydroxyl groups excluding tert-OH is 2. The molecule has 0 radical (unpaired) electrons. The highest BCUT2D eigenvalue weighted by atomic mass is 32.3. The van der Waals surface area contributed by atoms with E-state index in [9.17, 15) is 30.8 Å². The molecule has 12 heteroatoms. The van der Waals surface area contributed by atoms with E-state index in [-0.39, 0.29) is 0 Å². The van der Waals surface area contributed by atoms with Crippen LogP contribution in [-0.4, -0.2) is 60.4 Å². The normalized spacial score (nSPS) is 13.7. The average Bonchev–Trinajstić information content (AvgIpc) is 2.46. The Hall–Kier alpha value is -1.21. The van der Waals surface area contributed by atoms with Crippen LogP contribution in [0.15, 0.2) is 24.3 Å². The minimum Gasteiger partial charge on any atom is -0.395 e. The number of aliphatic hydroxyl groups is 2. The predicted molar refractivity (Wildman–Crippen MR) is 83.2 cm³/mol. The number of Topliss-reactive ketones (excluding diaryl/α,β-unsaturated/α-hetero) is 1. The van der Waals surface area contributed by atoms with Crippen LogP contribution in [0.25, 0.3) is 0 Å². The summed E-state index contributed by atoms with van der Waals surface area (Å²) >= 11 is 0. The zero-order chi connectivity index (χ0) is 19.3. The van der Waals surface area contributed by atoms with Crippen LogP contribution in [0.3, 0.4) is 0 Å². The molecule has 0 unspecified atom stereocenters. The molecule has 25 heavy (non-hydrogen) atoms. The number of benzene rings is 1. The van der Waals surface area contributed by atoms with Gasteiger partial charge in [-0.05, 0) is 12.1 Å². The van der Waals surface area contributed by atoms with Crippen LogP contribution in [0.1, 0.15) is 10.4 Å². The molecule has 0 saturated heterocycles. The van der Waals surface area contributed by atoms with Gasteiger partial charge in [-0.1, -0.05) is 12.1 Å². The van der Waals surface area contributed by atoms with Crippen LogP contribution in [0.4, 0.5) is 17.6 Å². The van der Waals surface area contributed by atoms with Crippen molar-refractivity contribution in [1.82, 2.24) is 0 Å². The number of halogens is 4. The zero-order valence-electron chi connectivity index (χ0n) is 12.7. The summed E-state index contributed by atoms with van der Waals surface area (Å²) in [6.45, 7) is -1.57. The van der Waals surface area contributed by atoms with Gasteiger partial charge in [0.05, 0.1) is 24.5 Å². The summed E-state index contributed by atoms with van der Waals surface area (Å²) in [4.78, 5) is 12.2. The molecule has 0 aliphatic carbocycles. The molecule has 0 fully saturated rings. The predicted octanol–water partition coefficient (Wildman–Crippen LogP) is 1.58. The maximum Gasteiger partial charge on any atom is 0.523 e. The Morgan fingerprint density at radius 1 is 1.08 bits per heavy atom. The molecule has 0 aliphatic heterocycles. The second-order valence-electron chi connectivity index (χ2n) is 4.84. The second-order valence-corrected chi connectivity index (χ2v) is 9.79. The second kappa shape index (κ2) is 8.45. The minimum atomic E-state index is -6.07. The van der Waals surface area contributed by atoms with Crippen molar-refractivity contribution in [2.75, 3.05) is 30.5 Å². The molecular formula is C13H16F4O6S2. The maximum atomic E-state index is 13.7. The number of alkyl halides is 3. The molecule has 0 spiro atoms. The van der Waals surface area contributed by atoms with E-state index >= 15 is 0 Å². The first kappa shape index (κ1) is 21.8. The summed E-state index contributed by atoms with van der Waals surface area (Å²) in [5, 5.41) is 18.1. The van der Waals surface area contributed by atoms with E-state index in [0.717, 1.165) is 12.1 Å². The fourth-order valence-electron chi connectivity index (χ4n) is 1.90. The van der Waals surface area contributed by atoms with Crippen molar-refractivity contribution >= 4 is 26.2 Å². The smallest absolute Gasteiger partial charge is 0.395 e. The Kier molecular flexibility index (Phi) is 7.38. The zero-order valence-corrected chi connectivity index (χ0v) is 14.3. The van der Waals surface area contributed by atoms with Gasteiger partial charge < -0.3 is 10.2 Å². The lowest BCUT2D eigenvalue weighted by Crippen LogP contribution is -2.33. The molecule has 0 aliphatic rings. The van der Waals surface area contributed by atoms with Crippen molar-refractivity contribution in [1.29, 1.82) is 0 Å². The molecule has 2 N–H and O–H groups in total. The summed E-state index contributed by atoms with van der Waals surface area (Å²) in [5.41, 5.74) is -6.19. The monoisotopic (exact) mass is 408 g/mol. The summed E-state index contributed by atoms with van der Waals surface area (Å²) in [6, 6.07) is 4.64. The fraction of sp³-hybridized carbons (Fsp3) is 0.462. The summed E-state index contributed by atoms with van der Waals surface area (Å²) in [6.07, 6.45) is 0. The summed E-state index contributed by atoms with van der Waals surface area (Å²) in [5.74, 6) is -4.05. The quantitative estimate of drug-likeness (QED) is 0.366. The van der Waals surface area contributed by atoms with Crippen LogP contribution in [0.5, 0.6) is 0 Å². The Labute approximate surface area is 143 Å². The SMILES string of the molecule is O=C(CS(CCO)(CCO)OS(=O)(=O)C(F)(F)F)c1ccccc1F. The van der Waals surface area contributed by atoms with Crippen LogP contribution in [0.2, 0.25) is 0 Å². The minimum absolute atomic E-state index is 0.455. The fourth-order valence-corrected chi connectivity index (χ4v) is 6.26.